The van der Waals surface area contributed by atoms with E-state index < -0.39 is 11.7 Å². The van der Waals surface area contributed by atoms with E-state index >= 15 is 0 Å². The number of rotatable bonds is 6. The van der Waals surface area contributed by atoms with Crippen LogP contribution >= 0.6 is 15.9 Å². The number of amides is 1. The van der Waals surface area contributed by atoms with Gasteiger partial charge in [-0.05, 0) is 72.7 Å². The Hall–Kier alpha value is -2.49. The lowest BCUT2D eigenvalue weighted by Crippen LogP contribution is -2.37. The molecular formula is C23H24BrF3N4O2. The number of Topliss-reactive ketones (excluding diaryl/α,β-unsaturated/α-hetero) is 1. The SMILES string of the molecule is Cc1cc(C(=O)C[C@@H]2CCCN(c3ncc(C(F)(F)F)cc3Br)C2)cc(NC(=O)C2CC2)n1. The van der Waals surface area contributed by atoms with E-state index in [1.807, 2.05) is 4.90 Å². The van der Waals surface area contributed by atoms with Crippen LogP contribution < -0.4 is 10.2 Å². The second-order valence-electron chi connectivity index (χ2n) is 8.75. The van der Waals surface area contributed by atoms with Crippen LogP contribution in [0.2, 0.25) is 0 Å². The van der Waals surface area contributed by atoms with Crippen molar-refractivity contribution >= 4 is 39.3 Å². The maximum Gasteiger partial charge on any atom is 0.417 e. The van der Waals surface area contributed by atoms with Crippen molar-refractivity contribution in [1.29, 1.82) is 0 Å². The van der Waals surface area contributed by atoms with Gasteiger partial charge in [0.1, 0.15) is 11.6 Å². The number of alkyl halides is 3. The van der Waals surface area contributed by atoms with Gasteiger partial charge in [-0.25, -0.2) is 9.97 Å². The number of hydrogen-bond acceptors (Lipinski definition) is 5. The lowest BCUT2D eigenvalue weighted by atomic mass is 9.91. The number of aromatic nitrogens is 2. The van der Waals surface area contributed by atoms with Gasteiger partial charge in [0, 0.05) is 42.9 Å². The van der Waals surface area contributed by atoms with E-state index in [1.54, 1.807) is 19.1 Å². The maximum atomic E-state index is 13.0. The first-order valence-electron chi connectivity index (χ1n) is 10.9. The van der Waals surface area contributed by atoms with Crippen LogP contribution in [0.4, 0.5) is 24.8 Å². The van der Waals surface area contributed by atoms with Gasteiger partial charge >= 0.3 is 6.18 Å². The smallest absolute Gasteiger partial charge is 0.355 e. The maximum absolute atomic E-state index is 13.0. The highest BCUT2D eigenvalue weighted by Gasteiger charge is 2.33. The van der Waals surface area contributed by atoms with Crippen molar-refractivity contribution in [3.05, 3.63) is 45.7 Å². The molecule has 3 heterocycles. The molecule has 0 radical (unpaired) electrons. The first-order chi connectivity index (χ1) is 15.6. The number of carbonyl (C=O) groups excluding carboxylic acids is 2. The summed E-state index contributed by atoms with van der Waals surface area (Å²) >= 11 is 3.22. The van der Waals surface area contributed by atoms with E-state index in [-0.39, 0.29) is 28.0 Å². The summed E-state index contributed by atoms with van der Waals surface area (Å²) in [4.78, 5) is 35.3. The lowest BCUT2D eigenvalue weighted by Gasteiger charge is -2.34. The molecule has 10 heteroatoms. The van der Waals surface area contributed by atoms with E-state index in [2.05, 4.69) is 31.2 Å². The van der Waals surface area contributed by atoms with E-state index in [9.17, 15) is 22.8 Å². The van der Waals surface area contributed by atoms with Crippen molar-refractivity contribution in [2.45, 2.75) is 45.2 Å². The van der Waals surface area contributed by atoms with E-state index in [0.717, 1.165) is 37.9 Å². The number of carbonyl (C=O) groups is 2. The first kappa shape index (κ1) is 23.7. The summed E-state index contributed by atoms with van der Waals surface area (Å²) in [5, 5.41) is 2.79. The molecule has 176 valence electrons. The molecule has 33 heavy (non-hydrogen) atoms. The van der Waals surface area contributed by atoms with Crippen LogP contribution in [0.25, 0.3) is 0 Å². The zero-order chi connectivity index (χ0) is 23.8. The highest BCUT2D eigenvalue weighted by molar-refractivity contribution is 9.10. The predicted octanol–water partition coefficient (Wildman–Crippen LogP) is 5.40. The van der Waals surface area contributed by atoms with Crippen LogP contribution in [0.15, 0.2) is 28.9 Å². The van der Waals surface area contributed by atoms with Crippen LogP contribution in [0, 0.1) is 18.8 Å². The molecular weight excluding hydrogens is 501 g/mol. The van der Waals surface area contributed by atoms with Gasteiger partial charge in [-0.1, -0.05) is 0 Å². The molecule has 1 amide bonds. The average Bonchev–Trinajstić information content (AvgIpc) is 3.58. The molecule has 0 spiro atoms. The summed E-state index contributed by atoms with van der Waals surface area (Å²) in [7, 11) is 0. The van der Waals surface area contributed by atoms with Crippen molar-refractivity contribution in [3.63, 3.8) is 0 Å². The Morgan fingerprint density at radius 2 is 1.97 bits per heavy atom. The van der Waals surface area contributed by atoms with Gasteiger partial charge in [-0.2, -0.15) is 13.2 Å². The fourth-order valence-electron chi connectivity index (χ4n) is 4.09. The molecule has 2 fully saturated rings. The summed E-state index contributed by atoms with van der Waals surface area (Å²) in [5.74, 6) is 0.805. The number of pyridine rings is 2. The third kappa shape index (κ3) is 5.90. The third-order valence-corrected chi connectivity index (χ3v) is 6.50. The fourth-order valence-corrected chi connectivity index (χ4v) is 4.69. The van der Waals surface area contributed by atoms with E-state index in [4.69, 9.17) is 0 Å². The zero-order valence-electron chi connectivity index (χ0n) is 18.1. The molecule has 2 aliphatic rings. The Morgan fingerprint density at radius 1 is 1.21 bits per heavy atom. The molecule has 2 aromatic heterocycles. The summed E-state index contributed by atoms with van der Waals surface area (Å²) in [6.07, 6.45) is 0.100. The molecule has 4 rings (SSSR count). The molecule has 1 aliphatic heterocycles. The van der Waals surface area contributed by atoms with Crippen LogP contribution in [0.3, 0.4) is 0 Å². The summed E-state index contributed by atoms with van der Waals surface area (Å²) < 4.78 is 39.1. The monoisotopic (exact) mass is 524 g/mol. The standard InChI is InChI=1S/C23H24BrF3N4O2/c1-13-7-16(9-20(29-13)30-22(33)15-4-5-15)19(32)8-14-3-2-6-31(12-14)21-18(24)10-17(11-28-21)23(25,26)27/h7,9-11,14-15H,2-6,8,12H2,1H3,(H,29,30,33)/t14-/m0/s1. The van der Waals surface area contributed by atoms with Gasteiger partial charge in [-0.3, -0.25) is 9.59 Å². The van der Waals surface area contributed by atoms with E-state index in [0.29, 0.717) is 42.4 Å². The third-order valence-electron chi connectivity index (χ3n) is 5.92. The highest BCUT2D eigenvalue weighted by Crippen LogP contribution is 2.35. The minimum absolute atomic E-state index is 0.0396. The van der Waals surface area contributed by atoms with Gasteiger partial charge in [0.25, 0.3) is 0 Å². The molecule has 1 saturated heterocycles. The number of nitrogens with one attached hydrogen (secondary N) is 1. The van der Waals surface area contributed by atoms with Crippen molar-refractivity contribution in [1.82, 2.24) is 9.97 Å². The number of nitrogens with zero attached hydrogens (tertiary/aromatic N) is 3. The normalized spacial score (nSPS) is 18.8. The Labute approximate surface area is 198 Å². The molecule has 1 saturated carbocycles. The van der Waals surface area contributed by atoms with Crippen molar-refractivity contribution in [2.24, 2.45) is 11.8 Å². The summed E-state index contributed by atoms with van der Waals surface area (Å²) in [6.45, 7) is 2.96. The van der Waals surface area contributed by atoms with Crippen LogP contribution in [0.1, 0.15) is 53.7 Å². The molecule has 1 aliphatic carbocycles. The van der Waals surface area contributed by atoms with Gasteiger partial charge in [0.05, 0.1) is 10.0 Å². The van der Waals surface area contributed by atoms with Crippen LogP contribution in [0.5, 0.6) is 0 Å². The molecule has 1 atom stereocenters. The van der Waals surface area contributed by atoms with E-state index in [1.165, 1.54) is 0 Å². The quantitative estimate of drug-likeness (QED) is 0.511. The summed E-state index contributed by atoms with van der Waals surface area (Å²) in [6, 6.07) is 4.36. The zero-order valence-corrected chi connectivity index (χ0v) is 19.7. The van der Waals surface area contributed by atoms with Crippen LogP contribution in [-0.4, -0.2) is 34.7 Å². The molecule has 1 N–H and O–H groups in total. The number of anilines is 2. The number of halogens is 4. The molecule has 0 bridgehead atoms. The van der Waals surface area contributed by atoms with Gasteiger partial charge in [0.2, 0.25) is 5.91 Å². The minimum Gasteiger partial charge on any atom is -0.355 e. The average molecular weight is 525 g/mol. The van der Waals surface area contributed by atoms with Crippen molar-refractivity contribution in [2.75, 3.05) is 23.3 Å². The number of piperidine rings is 1. The largest absolute Gasteiger partial charge is 0.417 e. The Balaban J connectivity index is 1.43. The number of ketones is 1. The molecule has 0 unspecified atom stereocenters. The van der Waals surface area contributed by atoms with Crippen molar-refractivity contribution in [3.8, 4) is 0 Å². The molecule has 0 aromatic carbocycles. The second kappa shape index (κ2) is 9.40. The van der Waals surface area contributed by atoms with Gasteiger partial charge < -0.3 is 10.2 Å². The predicted molar refractivity (Wildman–Crippen MR) is 121 cm³/mol. The first-order valence-corrected chi connectivity index (χ1v) is 11.7. The Morgan fingerprint density at radius 3 is 2.64 bits per heavy atom. The number of aryl methyl sites for hydroxylation is 1. The fraction of sp³-hybridized carbons (Fsp3) is 0.478. The Bertz CT molecular complexity index is 1070. The minimum atomic E-state index is -4.45. The van der Waals surface area contributed by atoms with Gasteiger partial charge in [0.15, 0.2) is 5.78 Å². The topological polar surface area (TPSA) is 75.2 Å². The summed E-state index contributed by atoms with van der Waals surface area (Å²) in [5.41, 5.74) is 0.342. The number of hydrogen-bond donors (Lipinski definition) is 1. The molecule has 6 nitrogen and oxygen atoms in total. The Kier molecular flexibility index (Phi) is 6.74. The molecule has 2 aromatic rings. The van der Waals surface area contributed by atoms with Crippen LogP contribution in [-0.2, 0) is 11.0 Å². The highest BCUT2D eigenvalue weighted by atomic mass is 79.9. The second-order valence-corrected chi connectivity index (χ2v) is 9.61. The lowest BCUT2D eigenvalue weighted by molar-refractivity contribution is -0.137. The van der Waals surface area contributed by atoms with Crippen molar-refractivity contribution < 1.29 is 22.8 Å². The van der Waals surface area contributed by atoms with Gasteiger partial charge in [-0.15, -0.1) is 0 Å².